The molecule has 0 fully saturated rings. The number of hydrogen-bond acceptors (Lipinski definition) is 3. The maximum atomic E-state index is 14.5. The predicted molar refractivity (Wildman–Crippen MR) is 155 cm³/mol. The van der Waals surface area contributed by atoms with E-state index in [4.69, 9.17) is 11.6 Å². The Morgan fingerprint density at radius 3 is 1.81 bits per heavy atom. The lowest BCUT2D eigenvalue weighted by atomic mass is 10.2. The Hall–Kier alpha value is -3.68. The number of rotatable bonds is 5. The molecule has 5 rings (SSSR count). The molecular formula is C30H19ClFN2OPS. The minimum Gasteiger partial charge on any atom is -0.266 e. The average Bonchev–Trinajstić information content (AvgIpc) is 3.30. The second kappa shape index (κ2) is 10.7. The summed E-state index contributed by atoms with van der Waals surface area (Å²) in [4.78, 5) is 17.5. The highest BCUT2D eigenvalue weighted by Gasteiger charge is 2.35. The first-order valence-corrected chi connectivity index (χ1v) is 14.3. The molecular weight excluding hydrogens is 522 g/mol. The Kier molecular flexibility index (Phi) is 7.26. The van der Waals surface area contributed by atoms with Crippen LogP contribution in [0.1, 0.15) is 5.56 Å². The van der Waals surface area contributed by atoms with Gasteiger partial charge in [-0.1, -0.05) is 120 Å². The molecule has 0 bridgehead atoms. The van der Waals surface area contributed by atoms with Crippen molar-refractivity contribution in [1.82, 2.24) is 0 Å². The van der Waals surface area contributed by atoms with Gasteiger partial charge < -0.3 is 0 Å². The van der Waals surface area contributed by atoms with E-state index in [1.807, 2.05) is 91.0 Å². The third-order valence-electron chi connectivity index (χ3n) is 5.97. The molecule has 1 aliphatic rings. The molecule has 1 amide bonds. The monoisotopic (exact) mass is 540 g/mol. The fourth-order valence-corrected chi connectivity index (χ4v) is 9.91. The summed E-state index contributed by atoms with van der Waals surface area (Å²) < 4.78 is 14.5. The van der Waals surface area contributed by atoms with E-state index in [-0.39, 0.29) is 15.5 Å². The quantitative estimate of drug-likeness (QED) is 0.224. The molecule has 1 heterocycles. The van der Waals surface area contributed by atoms with Crippen molar-refractivity contribution in [2.45, 2.75) is 0 Å². The van der Waals surface area contributed by atoms with Crippen LogP contribution in [0.2, 0.25) is 5.02 Å². The number of carbonyl (C=O) groups excluding carboxylic acids is 1. The molecule has 0 spiro atoms. The van der Waals surface area contributed by atoms with Crippen LogP contribution in [0.4, 0.5) is 4.39 Å². The van der Waals surface area contributed by atoms with Gasteiger partial charge in [-0.15, -0.1) is 0 Å². The molecule has 0 atom stereocenters. The molecule has 0 saturated heterocycles. The molecule has 37 heavy (non-hydrogen) atoms. The minimum atomic E-state index is -2.74. The lowest BCUT2D eigenvalue weighted by Crippen LogP contribution is -2.32. The SMILES string of the molecule is N#CC(C1=NC(=O)/C(=C/c2c(F)cccc2Cl)S1)=P(c1ccccc1)(c1ccccc1)c1ccccc1. The van der Waals surface area contributed by atoms with Crippen LogP contribution in [-0.2, 0) is 4.79 Å². The van der Waals surface area contributed by atoms with E-state index in [9.17, 15) is 14.4 Å². The van der Waals surface area contributed by atoms with Gasteiger partial charge >= 0.3 is 0 Å². The number of thioether (sulfide) groups is 1. The lowest BCUT2D eigenvalue weighted by Gasteiger charge is -2.30. The highest BCUT2D eigenvalue weighted by Crippen LogP contribution is 2.48. The number of halogens is 2. The fourth-order valence-electron chi connectivity index (χ4n) is 4.35. The van der Waals surface area contributed by atoms with Gasteiger partial charge in [0.2, 0.25) is 0 Å². The van der Waals surface area contributed by atoms with Crippen LogP contribution >= 0.6 is 30.2 Å². The van der Waals surface area contributed by atoms with Crippen molar-refractivity contribution in [1.29, 1.82) is 5.26 Å². The van der Waals surface area contributed by atoms with Gasteiger partial charge in [0.05, 0.1) is 15.2 Å². The van der Waals surface area contributed by atoms with Gasteiger partial charge in [-0.3, -0.25) is 4.79 Å². The van der Waals surface area contributed by atoms with Gasteiger partial charge in [0, 0.05) is 5.56 Å². The number of nitrogens with zero attached hydrogens (tertiary/aromatic N) is 2. The number of carbonyl (C=O) groups is 1. The Balaban J connectivity index is 1.81. The average molecular weight is 541 g/mol. The second-order valence-corrected chi connectivity index (χ2v) is 12.9. The summed E-state index contributed by atoms with van der Waals surface area (Å²) in [6, 6.07) is 36.4. The van der Waals surface area contributed by atoms with Crippen molar-refractivity contribution >= 4 is 68.5 Å². The molecule has 7 heteroatoms. The third kappa shape index (κ3) is 4.61. The van der Waals surface area contributed by atoms with E-state index in [1.165, 1.54) is 18.2 Å². The van der Waals surface area contributed by atoms with Crippen LogP contribution in [0.5, 0.6) is 0 Å². The summed E-state index contributed by atoms with van der Waals surface area (Å²) in [6.07, 6.45) is 1.41. The highest BCUT2D eigenvalue weighted by atomic mass is 35.5. The molecule has 1 aliphatic heterocycles. The maximum absolute atomic E-state index is 14.5. The number of amides is 1. The van der Waals surface area contributed by atoms with Crippen LogP contribution in [0.15, 0.2) is 119 Å². The Bertz CT molecular complexity index is 1520. The lowest BCUT2D eigenvalue weighted by molar-refractivity contribution is -0.113. The number of benzene rings is 4. The van der Waals surface area contributed by atoms with Crippen LogP contribution < -0.4 is 15.9 Å². The second-order valence-electron chi connectivity index (χ2n) is 8.11. The standard InChI is InChI=1S/C30H19ClFN2OPS/c31-25-17-10-18-26(32)24(25)19-28-29(35)34-30(37-28)27(20-33)36(21-11-4-1-5-12-21,22-13-6-2-7-14-22)23-15-8-3-9-16-23/h1-19H/b28-19-. The molecule has 0 radical (unpaired) electrons. The normalized spacial score (nSPS) is 14.4. The summed E-state index contributed by atoms with van der Waals surface area (Å²) in [5.74, 6) is -1.06. The minimum absolute atomic E-state index is 0.116. The first kappa shape index (κ1) is 25.0. The Labute approximate surface area is 223 Å². The smallest absolute Gasteiger partial charge is 0.266 e. The van der Waals surface area contributed by atoms with Crippen molar-refractivity contribution in [3.8, 4) is 6.07 Å². The van der Waals surface area contributed by atoms with Gasteiger partial charge in [-0.25, -0.2) is 9.38 Å². The van der Waals surface area contributed by atoms with Gasteiger partial charge in [-0.2, -0.15) is 5.26 Å². The third-order valence-corrected chi connectivity index (χ3v) is 11.7. The zero-order valence-corrected chi connectivity index (χ0v) is 21.9. The van der Waals surface area contributed by atoms with Crippen molar-refractivity contribution in [3.63, 3.8) is 0 Å². The van der Waals surface area contributed by atoms with E-state index in [1.54, 1.807) is 6.07 Å². The first-order chi connectivity index (χ1) is 18.1. The first-order valence-electron chi connectivity index (χ1n) is 11.4. The van der Waals surface area contributed by atoms with Crippen LogP contribution in [0.25, 0.3) is 6.08 Å². The summed E-state index contributed by atoms with van der Waals surface area (Å²) in [5, 5.41) is 14.5. The van der Waals surface area contributed by atoms with Crippen molar-refractivity contribution in [2.24, 2.45) is 4.99 Å². The molecule has 3 nitrogen and oxygen atoms in total. The molecule has 0 saturated carbocycles. The zero-order chi connectivity index (χ0) is 25.8. The summed E-state index contributed by atoms with van der Waals surface area (Å²) >= 11 is 7.28. The highest BCUT2D eigenvalue weighted by molar-refractivity contribution is 8.22. The van der Waals surface area contributed by atoms with Gasteiger partial charge in [0.1, 0.15) is 16.9 Å². The van der Waals surface area contributed by atoms with Crippen molar-refractivity contribution in [2.75, 3.05) is 0 Å². The van der Waals surface area contributed by atoms with E-state index in [2.05, 4.69) is 11.1 Å². The molecule has 0 aliphatic carbocycles. The molecule has 4 aromatic rings. The summed E-state index contributed by atoms with van der Waals surface area (Å²) in [6.45, 7) is -2.74. The summed E-state index contributed by atoms with van der Waals surface area (Å²) in [5.41, 5.74) is 0.116. The van der Waals surface area contributed by atoms with Crippen molar-refractivity contribution in [3.05, 3.63) is 131 Å². The molecule has 0 N–H and O–H groups in total. The van der Waals surface area contributed by atoms with Crippen LogP contribution in [-0.4, -0.2) is 16.2 Å². The molecule has 4 aromatic carbocycles. The van der Waals surface area contributed by atoms with Crippen molar-refractivity contribution < 1.29 is 9.18 Å². The number of aliphatic imine (C=N–C) groups is 1. The van der Waals surface area contributed by atoms with Gasteiger partial charge in [-0.05, 0) is 41.0 Å². The van der Waals surface area contributed by atoms with E-state index < -0.39 is 18.6 Å². The van der Waals surface area contributed by atoms with E-state index in [0.29, 0.717) is 10.3 Å². The van der Waals surface area contributed by atoms with Gasteiger partial charge in [0.15, 0.2) is 0 Å². The largest absolute Gasteiger partial charge is 0.284 e. The maximum Gasteiger partial charge on any atom is 0.284 e. The zero-order valence-electron chi connectivity index (χ0n) is 19.4. The van der Waals surface area contributed by atoms with Crippen LogP contribution in [0, 0.1) is 17.1 Å². The fraction of sp³-hybridized carbons (Fsp3) is 0. The molecule has 0 aromatic heterocycles. The van der Waals surface area contributed by atoms with E-state index >= 15 is 0 Å². The van der Waals surface area contributed by atoms with E-state index in [0.717, 1.165) is 27.7 Å². The van der Waals surface area contributed by atoms with Gasteiger partial charge in [0.25, 0.3) is 5.91 Å². The number of hydrogen-bond donors (Lipinski definition) is 0. The molecule has 0 unspecified atom stereocenters. The predicted octanol–water partition coefficient (Wildman–Crippen LogP) is 6.18. The van der Waals surface area contributed by atoms with Crippen LogP contribution in [0.3, 0.4) is 0 Å². The topological polar surface area (TPSA) is 53.2 Å². The number of nitriles is 1. The Morgan fingerprint density at radius 2 is 1.35 bits per heavy atom. The Morgan fingerprint density at radius 1 is 0.838 bits per heavy atom. The molecule has 180 valence electrons. The summed E-state index contributed by atoms with van der Waals surface area (Å²) in [7, 11) is 0.